The second-order valence-electron chi connectivity index (χ2n) is 3.28. The highest BCUT2D eigenvalue weighted by atomic mass is 19.1. The van der Waals surface area contributed by atoms with Crippen LogP contribution in [0.1, 0.15) is 19.3 Å². The molecule has 2 N–H and O–H groups in total. The molecule has 0 atom stereocenters. The van der Waals surface area contributed by atoms with Gasteiger partial charge in [0.2, 0.25) is 0 Å². The molecule has 3 nitrogen and oxygen atoms in total. The summed E-state index contributed by atoms with van der Waals surface area (Å²) in [6.07, 6.45) is 4.82. The summed E-state index contributed by atoms with van der Waals surface area (Å²) in [6.45, 7) is 2.47. The number of halogens is 1. The van der Waals surface area contributed by atoms with Crippen molar-refractivity contribution in [2.75, 3.05) is 19.6 Å². The Balaban J connectivity index is 2.31. The number of likely N-dealkylation sites (tertiary alicyclic amines) is 1. The Morgan fingerprint density at radius 2 is 2.00 bits per heavy atom. The molecule has 0 saturated carbocycles. The summed E-state index contributed by atoms with van der Waals surface area (Å²) in [5, 5.41) is 0. The number of piperidine rings is 1. The number of amides is 1. The van der Waals surface area contributed by atoms with Gasteiger partial charge < -0.3 is 5.73 Å². The molecule has 0 spiro atoms. The Morgan fingerprint density at radius 3 is 2.54 bits per heavy atom. The van der Waals surface area contributed by atoms with Crippen LogP contribution in [0.25, 0.3) is 0 Å². The van der Waals surface area contributed by atoms with E-state index in [9.17, 15) is 9.18 Å². The maximum absolute atomic E-state index is 12.6. The summed E-state index contributed by atoms with van der Waals surface area (Å²) in [4.78, 5) is 12.4. The van der Waals surface area contributed by atoms with Crippen LogP contribution < -0.4 is 5.73 Å². The van der Waals surface area contributed by atoms with Gasteiger partial charge in [0.05, 0.1) is 0 Å². The lowest BCUT2D eigenvalue weighted by Crippen LogP contribution is -2.30. The molecule has 4 heteroatoms. The van der Waals surface area contributed by atoms with E-state index >= 15 is 0 Å². The Morgan fingerprint density at radius 1 is 1.38 bits per heavy atom. The number of hydrogen-bond acceptors (Lipinski definition) is 2. The molecule has 0 radical (unpaired) electrons. The van der Waals surface area contributed by atoms with E-state index in [0.717, 1.165) is 25.9 Å². The summed E-state index contributed by atoms with van der Waals surface area (Å²) >= 11 is 0. The monoisotopic (exact) mass is 186 g/mol. The minimum atomic E-state index is -0.975. The summed E-state index contributed by atoms with van der Waals surface area (Å²) < 4.78 is 12.6. The third-order valence-corrected chi connectivity index (χ3v) is 2.21. The predicted molar refractivity (Wildman–Crippen MR) is 48.7 cm³/mol. The molecule has 74 valence electrons. The molecule has 1 rings (SSSR count). The highest BCUT2D eigenvalue weighted by molar-refractivity contribution is 5.89. The normalized spacial score (nSPS) is 20.2. The molecule has 1 saturated heterocycles. The standard InChI is InChI=1S/C9H15FN2O/c10-8(9(11)13)4-7-12-5-2-1-3-6-12/h4H,1-3,5-7H2,(H2,11,13)/b8-4-. The summed E-state index contributed by atoms with van der Waals surface area (Å²) in [7, 11) is 0. The van der Waals surface area contributed by atoms with E-state index in [1.54, 1.807) is 0 Å². The molecule has 0 aromatic carbocycles. The van der Waals surface area contributed by atoms with Crippen molar-refractivity contribution in [2.24, 2.45) is 5.73 Å². The molecular weight excluding hydrogens is 171 g/mol. The van der Waals surface area contributed by atoms with Crippen LogP contribution in [0.4, 0.5) is 4.39 Å². The van der Waals surface area contributed by atoms with E-state index in [1.807, 2.05) is 0 Å². The van der Waals surface area contributed by atoms with Crippen molar-refractivity contribution in [3.05, 3.63) is 11.9 Å². The Hall–Kier alpha value is -0.900. The fourth-order valence-corrected chi connectivity index (χ4v) is 1.45. The van der Waals surface area contributed by atoms with Gasteiger partial charge in [-0.1, -0.05) is 6.42 Å². The van der Waals surface area contributed by atoms with Crippen molar-refractivity contribution in [1.29, 1.82) is 0 Å². The average Bonchev–Trinajstić information content (AvgIpc) is 2.15. The zero-order chi connectivity index (χ0) is 9.68. The van der Waals surface area contributed by atoms with Gasteiger partial charge in [0.25, 0.3) is 5.91 Å². The number of primary amides is 1. The van der Waals surface area contributed by atoms with Crippen molar-refractivity contribution in [2.45, 2.75) is 19.3 Å². The first-order chi connectivity index (χ1) is 6.20. The third kappa shape index (κ3) is 3.55. The van der Waals surface area contributed by atoms with E-state index in [4.69, 9.17) is 5.73 Å². The topological polar surface area (TPSA) is 46.3 Å². The van der Waals surface area contributed by atoms with Gasteiger partial charge in [-0.25, -0.2) is 4.39 Å². The van der Waals surface area contributed by atoms with E-state index in [-0.39, 0.29) is 0 Å². The molecule has 1 aliphatic rings. The van der Waals surface area contributed by atoms with Gasteiger partial charge >= 0.3 is 0 Å². The lowest BCUT2D eigenvalue weighted by atomic mass is 10.1. The maximum Gasteiger partial charge on any atom is 0.277 e. The van der Waals surface area contributed by atoms with Crippen LogP contribution in [-0.4, -0.2) is 30.4 Å². The molecule has 0 bridgehead atoms. The molecule has 13 heavy (non-hydrogen) atoms. The van der Waals surface area contributed by atoms with Gasteiger partial charge in [-0.05, 0) is 32.0 Å². The zero-order valence-electron chi connectivity index (χ0n) is 7.63. The predicted octanol–water partition coefficient (Wildman–Crippen LogP) is 0.811. The van der Waals surface area contributed by atoms with Crippen molar-refractivity contribution >= 4 is 5.91 Å². The summed E-state index contributed by atoms with van der Waals surface area (Å²) in [5.41, 5.74) is 4.75. The Bertz CT molecular complexity index is 210. The second-order valence-corrected chi connectivity index (χ2v) is 3.28. The molecular formula is C9H15FN2O. The third-order valence-electron chi connectivity index (χ3n) is 2.21. The van der Waals surface area contributed by atoms with Crippen LogP contribution in [0.5, 0.6) is 0 Å². The van der Waals surface area contributed by atoms with Crippen molar-refractivity contribution < 1.29 is 9.18 Å². The molecule has 0 aliphatic carbocycles. The van der Waals surface area contributed by atoms with Crippen LogP contribution in [0.2, 0.25) is 0 Å². The van der Waals surface area contributed by atoms with Crippen LogP contribution in [0.15, 0.2) is 11.9 Å². The summed E-state index contributed by atoms with van der Waals surface area (Å²) in [5.74, 6) is -1.80. The number of hydrogen-bond donors (Lipinski definition) is 1. The minimum Gasteiger partial charge on any atom is -0.364 e. The quantitative estimate of drug-likeness (QED) is 0.663. The molecule has 1 heterocycles. The Labute approximate surface area is 77.4 Å². The lowest BCUT2D eigenvalue weighted by molar-refractivity contribution is -0.115. The first kappa shape index (κ1) is 10.2. The fraction of sp³-hybridized carbons (Fsp3) is 0.667. The van der Waals surface area contributed by atoms with E-state index in [0.29, 0.717) is 6.54 Å². The van der Waals surface area contributed by atoms with E-state index < -0.39 is 11.7 Å². The van der Waals surface area contributed by atoms with Gasteiger partial charge in [-0.15, -0.1) is 0 Å². The number of rotatable bonds is 3. The van der Waals surface area contributed by atoms with Crippen molar-refractivity contribution in [3.63, 3.8) is 0 Å². The molecule has 0 aromatic heterocycles. The first-order valence-corrected chi connectivity index (χ1v) is 4.58. The first-order valence-electron chi connectivity index (χ1n) is 4.58. The van der Waals surface area contributed by atoms with Gasteiger partial charge in [0, 0.05) is 6.54 Å². The highest BCUT2D eigenvalue weighted by Crippen LogP contribution is 2.08. The number of nitrogens with two attached hydrogens (primary N) is 1. The van der Waals surface area contributed by atoms with Crippen LogP contribution in [-0.2, 0) is 4.79 Å². The molecule has 0 aromatic rings. The van der Waals surface area contributed by atoms with E-state index in [1.165, 1.54) is 12.5 Å². The minimum absolute atomic E-state index is 0.495. The lowest BCUT2D eigenvalue weighted by Gasteiger charge is -2.24. The molecule has 1 amide bonds. The summed E-state index contributed by atoms with van der Waals surface area (Å²) in [6, 6.07) is 0. The molecule has 1 aliphatic heterocycles. The SMILES string of the molecule is NC(=O)/C(F)=C/CN1CCCCC1. The maximum atomic E-state index is 12.6. The van der Waals surface area contributed by atoms with Gasteiger partial charge in [0.1, 0.15) is 0 Å². The number of carbonyl (C=O) groups is 1. The van der Waals surface area contributed by atoms with Crippen LogP contribution >= 0.6 is 0 Å². The highest BCUT2D eigenvalue weighted by Gasteiger charge is 2.09. The van der Waals surface area contributed by atoms with Crippen molar-refractivity contribution in [1.82, 2.24) is 4.90 Å². The fourth-order valence-electron chi connectivity index (χ4n) is 1.45. The van der Waals surface area contributed by atoms with Crippen molar-refractivity contribution in [3.8, 4) is 0 Å². The van der Waals surface area contributed by atoms with Gasteiger partial charge in [-0.3, -0.25) is 9.69 Å². The van der Waals surface area contributed by atoms with Crippen LogP contribution in [0, 0.1) is 0 Å². The largest absolute Gasteiger partial charge is 0.364 e. The Kier molecular flexibility index (Phi) is 3.89. The number of carbonyl (C=O) groups excluding carboxylic acids is 1. The zero-order valence-corrected chi connectivity index (χ0v) is 7.63. The average molecular weight is 186 g/mol. The molecule has 1 fully saturated rings. The van der Waals surface area contributed by atoms with Gasteiger partial charge in [0.15, 0.2) is 5.83 Å². The number of nitrogens with zero attached hydrogens (tertiary/aromatic N) is 1. The van der Waals surface area contributed by atoms with E-state index in [2.05, 4.69) is 4.90 Å². The van der Waals surface area contributed by atoms with Gasteiger partial charge in [-0.2, -0.15) is 0 Å². The van der Waals surface area contributed by atoms with Crippen LogP contribution in [0.3, 0.4) is 0 Å². The smallest absolute Gasteiger partial charge is 0.277 e. The molecule has 0 unspecified atom stereocenters. The second kappa shape index (κ2) is 4.97.